The van der Waals surface area contributed by atoms with Crippen LogP contribution in [0, 0.1) is 34.6 Å². The topological polar surface area (TPSA) is 23.8 Å². The Hall–Kier alpha value is -1.43. The summed E-state index contributed by atoms with van der Waals surface area (Å²) in [6, 6.07) is 2.31. The van der Waals surface area contributed by atoms with Gasteiger partial charge in [0.1, 0.15) is 8.07 Å². The average Bonchev–Trinajstić information content (AvgIpc) is 2.38. The van der Waals surface area contributed by atoms with Crippen molar-refractivity contribution in [3.63, 3.8) is 0 Å². The van der Waals surface area contributed by atoms with Crippen LogP contribution in [0.1, 0.15) is 60.3 Å². The van der Waals surface area contributed by atoms with Gasteiger partial charge in [0.2, 0.25) is 0 Å². The minimum Gasteiger partial charge on any atom is -0.193 e. The highest BCUT2D eigenvalue weighted by molar-refractivity contribution is 6.87. The van der Waals surface area contributed by atoms with E-state index >= 15 is 0 Å². The second kappa shape index (κ2) is 8.77. The molecule has 0 aliphatic heterocycles. The summed E-state index contributed by atoms with van der Waals surface area (Å²) in [5.41, 5.74) is 5.21. The highest BCUT2D eigenvalue weighted by Gasteiger charge is 2.33. The lowest BCUT2D eigenvalue weighted by molar-refractivity contribution is 0.731. The molecular formula is C19H29NSi. The first-order valence-electron chi connectivity index (χ1n) is 7.84. The van der Waals surface area contributed by atoms with Crippen molar-refractivity contribution in [1.82, 2.24) is 0 Å². The number of rotatable bonds is 4. The molecule has 1 nitrogen and oxygen atoms in total. The van der Waals surface area contributed by atoms with Gasteiger partial charge in [-0.2, -0.15) is 5.26 Å². The van der Waals surface area contributed by atoms with Crippen LogP contribution in [-0.4, -0.2) is 8.07 Å². The van der Waals surface area contributed by atoms with Crippen molar-refractivity contribution >= 4 is 8.07 Å². The van der Waals surface area contributed by atoms with E-state index in [1.165, 1.54) is 0 Å². The first-order chi connectivity index (χ1) is 9.69. The van der Waals surface area contributed by atoms with Gasteiger partial charge in [0, 0.05) is 11.1 Å². The predicted octanol–water partition coefficient (Wildman–Crippen LogP) is 5.46. The summed E-state index contributed by atoms with van der Waals surface area (Å²) < 4.78 is 0. The molecule has 0 saturated heterocycles. The molecule has 0 aliphatic carbocycles. The van der Waals surface area contributed by atoms with Crippen molar-refractivity contribution in [3.05, 3.63) is 11.1 Å². The normalized spacial score (nSPS) is 12.3. The van der Waals surface area contributed by atoms with E-state index in [2.05, 4.69) is 77.1 Å². The fraction of sp³-hybridized carbons (Fsp3) is 0.632. The van der Waals surface area contributed by atoms with E-state index in [1.54, 1.807) is 0 Å². The Balaban J connectivity index is 5.34. The molecule has 0 spiro atoms. The van der Waals surface area contributed by atoms with Crippen molar-refractivity contribution < 1.29 is 0 Å². The van der Waals surface area contributed by atoms with Crippen LogP contribution in [0.4, 0.5) is 0 Å². The maximum Gasteiger partial charge on any atom is 0.139 e. The molecule has 0 amide bonds. The first-order valence-corrected chi connectivity index (χ1v) is 10.8. The third-order valence-corrected chi connectivity index (χ3v) is 8.53. The van der Waals surface area contributed by atoms with Crippen molar-refractivity contribution in [2.24, 2.45) is 0 Å². The average molecular weight is 300 g/mol. The molecular weight excluding hydrogens is 270 g/mol. The minimum atomic E-state index is -1.59. The molecule has 0 aliphatic rings. The van der Waals surface area contributed by atoms with Gasteiger partial charge in [0.05, 0.1) is 6.07 Å². The minimum absolute atomic E-state index is 0.254. The molecule has 0 heterocycles. The van der Waals surface area contributed by atoms with E-state index in [-0.39, 0.29) is 5.04 Å². The molecule has 21 heavy (non-hydrogen) atoms. The lowest BCUT2D eigenvalue weighted by Crippen LogP contribution is -2.35. The smallest absolute Gasteiger partial charge is 0.139 e. The van der Waals surface area contributed by atoms with Crippen molar-refractivity contribution in [2.45, 2.75) is 78.4 Å². The Kier molecular flexibility index (Phi) is 8.17. The van der Waals surface area contributed by atoms with Crippen LogP contribution >= 0.6 is 0 Å². The van der Waals surface area contributed by atoms with Gasteiger partial charge in [-0.05, 0) is 29.7 Å². The third-order valence-electron chi connectivity index (χ3n) is 4.03. The number of allylic oxidation sites excluding steroid dienone is 2. The molecule has 0 aromatic heterocycles. The lowest BCUT2D eigenvalue weighted by Gasteiger charge is -2.31. The quantitative estimate of drug-likeness (QED) is 0.384. The van der Waals surface area contributed by atoms with Crippen LogP contribution in [0.3, 0.4) is 0 Å². The molecule has 0 N–H and O–H groups in total. The number of nitrogens with zero attached hydrogens (tertiary/aromatic N) is 1. The van der Waals surface area contributed by atoms with Crippen LogP contribution < -0.4 is 0 Å². The van der Waals surface area contributed by atoms with E-state index in [0.717, 1.165) is 36.8 Å². The molecule has 0 fully saturated rings. The SMILES string of the molecule is CCC/C(C#N)=C(/C#CC#C[Si](C)(C)C(C)(C)C)CCC. The number of nitriles is 1. The van der Waals surface area contributed by atoms with Gasteiger partial charge in [-0.25, -0.2) is 0 Å². The molecule has 114 valence electrons. The van der Waals surface area contributed by atoms with Crippen molar-refractivity contribution in [1.29, 1.82) is 5.26 Å². The Labute approximate surface area is 132 Å². The maximum atomic E-state index is 9.24. The van der Waals surface area contributed by atoms with Crippen molar-refractivity contribution in [2.75, 3.05) is 0 Å². The number of hydrogen-bond donors (Lipinski definition) is 0. The largest absolute Gasteiger partial charge is 0.193 e. The fourth-order valence-corrected chi connectivity index (χ4v) is 2.29. The molecule has 0 radical (unpaired) electrons. The Morgan fingerprint density at radius 3 is 1.90 bits per heavy atom. The van der Waals surface area contributed by atoms with Crippen LogP contribution in [0.25, 0.3) is 0 Å². The van der Waals surface area contributed by atoms with E-state index in [9.17, 15) is 5.26 Å². The third kappa shape index (κ3) is 6.71. The summed E-state index contributed by atoms with van der Waals surface area (Å²) in [6.45, 7) is 15.5. The summed E-state index contributed by atoms with van der Waals surface area (Å²) >= 11 is 0. The molecule has 2 heteroatoms. The Morgan fingerprint density at radius 2 is 1.48 bits per heavy atom. The lowest BCUT2D eigenvalue weighted by atomic mass is 10.0. The first kappa shape index (κ1) is 19.6. The second-order valence-electron chi connectivity index (χ2n) is 6.94. The van der Waals surface area contributed by atoms with Crippen LogP contribution in [0.15, 0.2) is 11.1 Å². The molecule has 0 saturated carbocycles. The van der Waals surface area contributed by atoms with Gasteiger partial charge in [0.25, 0.3) is 0 Å². The molecule has 0 aromatic rings. The monoisotopic (exact) mass is 299 g/mol. The van der Waals surface area contributed by atoms with E-state index in [0.29, 0.717) is 0 Å². The zero-order chi connectivity index (χ0) is 16.5. The van der Waals surface area contributed by atoms with Gasteiger partial charge in [-0.15, -0.1) is 5.54 Å². The molecule has 0 rings (SSSR count). The van der Waals surface area contributed by atoms with Gasteiger partial charge < -0.3 is 0 Å². The summed E-state index contributed by atoms with van der Waals surface area (Å²) in [5.74, 6) is 9.17. The van der Waals surface area contributed by atoms with Crippen LogP contribution in [-0.2, 0) is 0 Å². The standard InChI is InChI=1S/C19H29NSi/c1-8-12-17(18(16-20)13-9-2)14-10-11-15-21(6,7)19(3,4)5/h8-9,12-13H2,1-7H3/b18-17-. The fourth-order valence-electron chi connectivity index (χ4n) is 1.54. The van der Waals surface area contributed by atoms with E-state index < -0.39 is 8.07 Å². The van der Waals surface area contributed by atoms with Gasteiger partial charge in [-0.3, -0.25) is 0 Å². The molecule has 0 bridgehead atoms. The van der Waals surface area contributed by atoms with Gasteiger partial charge >= 0.3 is 0 Å². The zero-order valence-corrected chi connectivity index (χ0v) is 15.8. The summed E-state index contributed by atoms with van der Waals surface area (Å²) in [5, 5.41) is 9.50. The van der Waals surface area contributed by atoms with E-state index in [4.69, 9.17) is 0 Å². The van der Waals surface area contributed by atoms with Crippen LogP contribution in [0.5, 0.6) is 0 Å². The zero-order valence-electron chi connectivity index (χ0n) is 14.8. The van der Waals surface area contributed by atoms with Crippen molar-refractivity contribution in [3.8, 4) is 29.4 Å². The van der Waals surface area contributed by atoms with Crippen LogP contribution in [0.2, 0.25) is 18.1 Å². The second-order valence-corrected chi connectivity index (χ2v) is 11.9. The highest BCUT2D eigenvalue weighted by atomic mass is 28.3. The summed E-state index contributed by atoms with van der Waals surface area (Å²) in [6.07, 6.45) is 3.68. The summed E-state index contributed by atoms with van der Waals surface area (Å²) in [7, 11) is -1.59. The van der Waals surface area contributed by atoms with Gasteiger partial charge in [-0.1, -0.05) is 66.5 Å². The Bertz CT molecular complexity index is 531. The number of hydrogen-bond acceptors (Lipinski definition) is 1. The van der Waals surface area contributed by atoms with E-state index in [1.807, 2.05) is 0 Å². The molecule has 0 aromatic carbocycles. The molecule has 0 unspecified atom stereocenters. The highest BCUT2D eigenvalue weighted by Crippen LogP contribution is 2.34. The summed E-state index contributed by atoms with van der Waals surface area (Å²) in [4.78, 5) is 0. The maximum absolute atomic E-state index is 9.24. The predicted molar refractivity (Wildman–Crippen MR) is 95.2 cm³/mol. The molecule has 0 atom stereocenters. The Morgan fingerprint density at radius 1 is 0.952 bits per heavy atom. The van der Waals surface area contributed by atoms with Gasteiger partial charge in [0.15, 0.2) is 0 Å².